The number of para-hydroxylation sites is 1. The number of carbonyl (C=O) groups excluding carboxylic acids is 2. The van der Waals surface area contributed by atoms with E-state index in [4.69, 9.17) is 0 Å². The Bertz CT molecular complexity index is 923. The van der Waals surface area contributed by atoms with Crippen LogP contribution in [-0.2, 0) is 11.8 Å². The zero-order chi connectivity index (χ0) is 16.9. The molecule has 0 fully saturated rings. The molecule has 3 rings (SSSR count). The summed E-state index contributed by atoms with van der Waals surface area (Å²) in [5, 5.41) is 4.68. The number of thiophene rings is 1. The summed E-state index contributed by atoms with van der Waals surface area (Å²) in [5.41, 5.74) is 1.07. The molecule has 0 aliphatic heterocycles. The van der Waals surface area contributed by atoms with Gasteiger partial charge in [-0.1, -0.05) is 29.5 Å². The van der Waals surface area contributed by atoms with Crippen LogP contribution >= 0.6 is 22.7 Å². The molecule has 0 aliphatic carbocycles. The topological polar surface area (TPSA) is 63.5 Å². The molecule has 3 aromatic rings. The Labute approximate surface area is 147 Å². The van der Waals surface area contributed by atoms with E-state index in [2.05, 4.69) is 10.3 Å². The Hall–Kier alpha value is -2.25. The van der Waals surface area contributed by atoms with Crippen molar-refractivity contribution in [2.45, 2.75) is 12.8 Å². The number of fused-ring (bicyclic) bond motifs is 1. The van der Waals surface area contributed by atoms with Crippen molar-refractivity contribution in [2.75, 3.05) is 6.54 Å². The number of hydrogen-bond acceptors (Lipinski definition) is 4. The number of rotatable bonds is 5. The van der Waals surface area contributed by atoms with Crippen molar-refractivity contribution >= 4 is 44.7 Å². The minimum atomic E-state index is -0.164. The maximum absolute atomic E-state index is 12.0. The fraction of sp³-hybridized carbons (Fsp3) is 0.235. The molecular weight excluding hydrogens is 342 g/mol. The maximum Gasteiger partial charge on any atom is 0.261 e. The van der Waals surface area contributed by atoms with Gasteiger partial charge in [0, 0.05) is 20.0 Å². The van der Waals surface area contributed by atoms with Crippen molar-refractivity contribution in [2.24, 2.45) is 12.0 Å². The van der Waals surface area contributed by atoms with Gasteiger partial charge in [-0.25, -0.2) is 0 Å². The lowest BCUT2D eigenvalue weighted by Crippen LogP contribution is -2.24. The number of aromatic nitrogens is 1. The molecule has 0 radical (unpaired) electrons. The summed E-state index contributed by atoms with van der Waals surface area (Å²) in [6.07, 6.45) is 0.896. The second kappa shape index (κ2) is 7.55. The van der Waals surface area contributed by atoms with Crippen LogP contribution in [0.5, 0.6) is 0 Å². The smallest absolute Gasteiger partial charge is 0.261 e. The first-order valence-electron chi connectivity index (χ1n) is 7.59. The van der Waals surface area contributed by atoms with Crippen molar-refractivity contribution in [1.29, 1.82) is 0 Å². The Morgan fingerprint density at radius 3 is 2.79 bits per heavy atom. The largest absolute Gasteiger partial charge is 0.351 e. The Morgan fingerprint density at radius 2 is 2.04 bits per heavy atom. The number of hydrogen-bond donors (Lipinski definition) is 1. The van der Waals surface area contributed by atoms with Crippen LogP contribution in [0.4, 0.5) is 0 Å². The third kappa shape index (κ3) is 3.80. The van der Waals surface area contributed by atoms with E-state index in [1.807, 2.05) is 47.3 Å². The molecule has 124 valence electrons. The van der Waals surface area contributed by atoms with Crippen LogP contribution in [0.15, 0.2) is 46.8 Å². The number of amides is 2. The highest BCUT2D eigenvalue weighted by Gasteiger charge is 2.07. The number of carbonyl (C=O) groups is 2. The van der Waals surface area contributed by atoms with E-state index in [-0.39, 0.29) is 11.8 Å². The van der Waals surface area contributed by atoms with Gasteiger partial charge in [0.1, 0.15) is 0 Å². The van der Waals surface area contributed by atoms with Crippen molar-refractivity contribution in [1.82, 2.24) is 9.88 Å². The fourth-order valence-electron chi connectivity index (χ4n) is 2.29. The van der Waals surface area contributed by atoms with E-state index < -0.39 is 0 Å². The lowest BCUT2D eigenvalue weighted by atomic mass is 10.3. The fourth-order valence-corrected chi connectivity index (χ4v) is 3.96. The predicted octanol–water partition coefficient (Wildman–Crippen LogP) is 2.94. The van der Waals surface area contributed by atoms with Crippen molar-refractivity contribution in [3.05, 3.63) is 51.5 Å². The van der Waals surface area contributed by atoms with Gasteiger partial charge in [-0.15, -0.1) is 11.3 Å². The quantitative estimate of drug-likeness (QED) is 0.712. The number of nitrogens with zero attached hydrogens (tertiary/aromatic N) is 2. The molecule has 1 aromatic carbocycles. The van der Waals surface area contributed by atoms with Crippen molar-refractivity contribution in [3.8, 4) is 0 Å². The lowest BCUT2D eigenvalue weighted by Gasteiger charge is -2.01. The molecular formula is C17H17N3O2S2. The first-order valence-corrected chi connectivity index (χ1v) is 9.28. The number of thiazole rings is 1. The molecule has 5 nitrogen and oxygen atoms in total. The van der Waals surface area contributed by atoms with Gasteiger partial charge in [-0.2, -0.15) is 4.99 Å². The Balaban J connectivity index is 1.55. The summed E-state index contributed by atoms with van der Waals surface area (Å²) in [6.45, 7) is 0.469. The summed E-state index contributed by atoms with van der Waals surface area (Å²) in [6, 6.07) is 11.6. The molecule has 0 atom stereocenters. The molecule has 0 spiro atoms. The monoisotopic (exact) mass is 359 g/mol. The van der Waals surface area contributed by atoms with E-state index in [0.717, 1.165) is 10.2 Å². The first-order chi connectivity index (χ1) is 11.6. The van der Waals surface area contributed by atoms with Crippen LogP contribution < -0.4 is 10.1 Å². The summed E-state index contributed by atoms with van der Waals surface area (Å²) < 4.78 is 3.03. The van der Waals surface area contributed by atoms with Gasteiger partial charge in [-0.05, 0) is 30.0 Å². The van der Waals surface area contributed by atoms with Crippen molar-refractivity contribution in [3.63, 3.8) is 0 Å². The van der Waals surface area contributed by atoms with E-state index in [1.165, 1.54) is 22.7 Å². The van der Waals surface area contributed by atoms with Crippen LogP contribution in [0.2, 0.25) is 0 Å². The molecule has 7 heteroatoms. The van der Waals surface area contributed by atoms with Crippen LogP contribution in [-0.4, -0.2) is 22.9 Å². The lowest BCUT2D eigenvalue weighted by molar-refractivity contribution is -0.118. The molecule has 0 bridgehead atoms. The second-order valence-electron chi connectivity index (χ2n) is 5.25. The minimum absolute atomic E-state index is 0.0923. The highest BCUT2D eigenvalue weighted by molar-refractivity contribution is 7.16. The highest BCUT2D eigenvalue weighted by atomic mass is 32.1. The Kier molecular flexibility index (Phi) is 5.22. The molecule has 2 heterocycles. The Morgan fingerprint density at radius 1 is 1.21 bits per heavy atom. The molecule has 2 amide bonds. The number of nitrogens with one attached hydrogen (secondary N) is 1. The normalized spacial score (nSPS) is 11.8. The summed E-state index contributed by atoms with van der Waals surface area (Å²) in [4.78, 5) is 29.4. The molecule has 0 unspecified atom stereocenters. The average molecular weight is 359 g/mol. The van der Waals surface area contributed by atoms with Gasteiger partial charge < -0.3 is 9.88 Å². The van der Waals surface area contributed by atoms with Gasteiger partial charge in [0.15, 0.2) is 4.80 Å². The summed E-state index contributed by atoms with van der Waals surface area (Å²) >= 11 is 2.90. The molecule has 2 aromatic heterocycles. The predicted molar refractivity (Wildman–Crippen MR) is 97.3 cm³/mol. The van der Waals surface area contributed by atoms with Gasteiger partial charge in [-0.3, -0.25) is 9.59 Å². The van der Waals surface area contributed by atoms with Crippen LogP contribution in [0.3, 0.4) is 0 Å². The van der Waals surface area contributed by atoms with E-state index in [1.54, 1.807) is 6.07 Å². The third-order valence-corrected chi connectivity index (χ3v) is 5.51. The van der Waals surface area contributed by atoms with Crippen LogP contribution in [0.1, 0.15) is 22.5 Å². The zero-order valence-electron chi connectivity index (χ0n) is 13.2. The number of aryl methyl sites for hydroxylation is 1. The third-order valence-electron chi connectivity index (χ3n) is 3.53. The van der Waals surface area contributed by atoms with Gasteiger partial charge in [0.25, 0.3) is 5.91 Å². The SMILES string of the molecule is Cn1c(=NC(=O)CCCNC(=O)c2cccs2)sc2ccccc21. The minimum Gasteiger partial charge on any atom is -0.351 e. The van der Waals surface area contributed by atoms with E-state index in [0.29, 0.717) is 29.1 Å². The molecule has 0 aliphatic rings. The summed E-state index contributed by atoms with van der Waals surface area (Å²) in [5.74, 6) is -0.257. The van der Waals surface area contributed by atoms with Crippen LogP contribution in [0.25, 0.3) is 10.2 Å². The number of benzene rings is 1. The summed E-state index contributed by atoms with van der Waals surface area (Å²) in [7, 11) is 1.91. The van der Waals surface area contributed by atoms with Crippen molar-refractivity contribution < 1.29 is 9.59 Å². The molecule has 0 saturated carbocycles. The second-order valence-corrected chi connectivity index (χ2v) is 7.21. The molecule has 24 heavy (non-hydrogen) atoms. The molecule has 1 N–H and O–H groups in total. The van der Waals surface area contributed by atoms with Crippen LogP contribution in [0, 0.1) is 0 Å². The van der Waals surface area contributed by atoms with Gasteiger partial charge in [0.2, 0.25) is 5.91 Å². The molecule has 0 saturated heterocycles. The zero-order valence-corrected chi connectivity index (χ0v) is 14.8. The average Bonchev–Trinajstić information content (AvgIpc) is 3.21. The van der Waals surface area contributed by atoms with E-state index >= 15 is 0 Å². The highest BCUT2D eigenvalue weighted by Crippen LogP contribution is 2.15. The first kappa shape index (κ1) is 16.6. The van der Waals surface area contributed by atoms with E-state index in [9.17, 15) is 9.59 Å². The van der Waals surface area contributed by atoms with Gasteiger partial charge in [0.05, 0.1) is 15.1 Å². The standard InChI is InChI=1S/C17H17N3O2S2/c1-20-12-6-2-3-7-13(12)24-17(20)19-15(21)9-4-10-18-16(22)14-8-5-11-23-14/h2-3,5-8,11H,4,9-10H2,1H3,(H,18,22). The van der Waals surface area contributed by atoms with Gasteiger partial charge >= 0.3 is 0 Å². The maximum atomic E-state index is 12.0.